The van der Waals surface area contributed by atoms with E-state index in [1.807, 2.05) is 0 Å². The Hall–Kier alpha value is -0.843. The number of halogens is 2. The van der Waals surface area contributed by atoms with Gasteiger partial charge in [0.15, 0.2) is 0 Å². The van der Waals surface area contributed by atoms with Gasteiger partial charge in [0.1, 0.15) is 0 Å². The van der Waals surface area contributed by atoms with Gasteiger partial charge < -0.3 is 4.57 Å². The highest BCUT2D eigenvalue weighted by Crippen LogP contribution is 2.24. The summed E-state index contributed by atoms with van der Waals surface area (Å²) in [7, 11) is -1.39. The summed E-state index contributed by atoms with van der Waals surface area (Å²) in [5.41, 5.74) is 0.435. The van der Waals surface area contributed by atoms with Crippen LogP contribution in [0, 0.1) is 0 Å². The lowest BCUT2D eigenvalue weighted by atomic mass is 10.2. The third kappa shape index (κ3) is 2.76. The minimum absolute atomic E-state index is 0.0770. The molecule has 0 fully saturated rings. The van der Waals surface area contributed by atoms with Gasteiger partial charge in [0.25, 0.3) is 5.56 Å². The van der Waals surface area contributed by atoms with Crippen molar-refractivity contribution in [2.45, 2.75) is 25.8 Å². The second kappa shape index (κ2) is 4.68. The van der Waals surface area contributed by atoms with Gasteiger partial charge in [-0.3, -0.25) is 4.79 Å². The molecule has 0 unspecified atom stereocenters. The summed E-state index contributed by atoms with van der Waals surface area (Å²) in [4.78, 5) is 16.6. The van der Waals surface area contributed by atoms with Crippen molar-refractivity contribution in [1.82, 2.24) is 9.55 Å². The largest absolute Gasteiger partial charge is 0.302 e. The van der Waals surface area contributed by atoms with Gasteiger partial charge in [-0.25, -0.2) is 4.98 Å². The van der Waals surface area contributed by atoms with Crippen LogP contribution in [0.15, 0.2) is 23.3 Å². The van der Waals surface area contributed by atoms with Gasteiger partial charge in [0.05, 0.1) is 30.3 Å². The zero-order valence-electron chi connectivity index (χ0n) is 10.5. The van der Waals surface area contributed by atoms with Crippen molar-refractivity contribution >= 4 is 42.2 Å². The van der Waals surface area contributed by atoms with E-state index in [-0.39, 0.29) is 5.56 Å². The lowest BCUT2D eigenvalue weighted by Crippen LogP contribution is -2.34. The molecule has 0 aliphatic heterocycles. The first-order valence-electron chi connectivity index (χ1n) is 5.62. The summed E-state index contributed by atoms with van der Waals surface area (Å²) >= 11 is 12.0. The molecule has 0 atom stereocenters. The molecule has 0 radical (unpaired) electrons. The smallest absolute Gasteiger partial charge is 0.260 e. The normalized spacial score (nSPS) is 12.1. The Morgan fingerprint density at radius 2 is 1.94 bits per heavy atom. The van der Waals surface area contributed by atoms with Crippen LogP contribution in [0.25, 0.3) is 10.9 Å². The molecular formula is C12H14Cl2N2OSi. The molecule has 2 rings (SSSR count). The van der Waals surface area contributed by atoms with E-state index in [1.165, 1.54) is 0 Å². The van der Waals surface area contributed by atoms with E-state index >= 15 is 0 Å². The van der Waals surface area contributed by atoms with Crippen LogP contribution in [0.2, 0.25) is 29.7 Å². The SMILES string of the molecule is C[Si](C)(C)Cn1cnc2c(Cl)cc(Cl)cc2c1=O. The molecule has 0 aliphatic rings. The molecule has 0 N–H and O–H groups in total. The van der Waals surface area contributed by atoms with Gasteiger partial charge in [-0.15, -0.1) is 0 Å². The van der Waals surface area contributed by atoms with E-state index in [9.17, 15) is 4.79 Å². The highest BCUT2D eigenvalue weighted by Gasteiger charge is 2.16. The molecule has 1 aromatic carbocycles. The van der Waals surface area contributed by atoms with Crippen molar-refractivity contribution in [1.29, 1.82) is 0 Å². The predicted octanol–water partition coefficient (Wildman–Crippen LogP) is 3.58. The average molecular weight is 301 g/mol. The second-order valence-corrected chi connectivity index (χ2v) is 11.8. The zero-order chi connectivity index (χ0) is 13.5. The Balaban J connectivity index is 2.68. The van der Waals surface area contributed by atoms with E-state index in [2.05, 4.69) is 24.6 Å². The standard InChI is InChI=1S/C12H14Cl2N2OSi/c1-18(2,3)7-16-6-15-11-9(12(16)17)4-8(13)5-10(11)14/h4-6H,7H2,1-3H3. The number of nitrogens with zero attached hydrogens (tertiary/aromatic N) is 2. The summed E-state index contributed by atoms with van der Waals surface area (Å²) in [5, 5.41) is 1.35. The van der Waals surface area contributed by atoms with Crippen molar-refractivity contribution in [2.75, 3.05) is 0 Å². The van der Waals surface area contributed by atoms with Crippen LogP contribution < -0.4 is 5.56 Å². The van der Waals surface area contributed by atoms with Crippen LogP contribution in [0.4, 0.5) is 0 Å². The molecule has 0 amide bonds. The molecule has 6 heteroatoms. The lowest BCUT2D eigenvalue weighted by Gasteiger charge is -2.17. The first kappa shape index (κ1) is 13.6. The van der Waals surface area contributed by atoms with Crippen molar-refractivity contribution < 1.29 is 0 Å². The molecule has 0 saturated carbocycles. The highest BCUT2D eigenvalue weighted by atomic mass is 35.5. The fraction of sp³-hybridized carbons (Fsp3) is 0.333. The average Bonchev–Trinajstić information content (AvgIpc) is 2.21. The van der Waals surface area contributed by atoms with Gasteiger partial charge >= 0.3 is 0 Å². The van der Waals surface area contributed by atoms with Crippen LogP contribution in [-0.4, -0.2) is 17.6 Å². The number of hydrogen-bond donors (Lipinski definition) is 0. The second-order valence-electron chi connectivity index (χ2n) is 5.52. The van der Waals surface area contributed by atoms with Crippen LogP contribution in [-0.2, 0) is 6.17 Å². The summed E-state index contributed by atoms with van der Waals surface area (Å²) < 4.78 is 1.65. The van der Waals surface area contributed by atoms with Gasteiger partial charge in [-0.2, -0.15) is 0 Å². The first-order valence-corrected chi connectivity index (χ1v) is 10.1. The quantitative estimate of drug-likeness (QED) is 0.795. The molecule has 0 saturated heterocycles. The Kier molecular flexibility index (Phi) is 3.53. The number of fused-ring (bicyclic) bond motifs is 1. The summed E-state index contributed by atoms with van der Waals surface area (Å²) in [6.45, 7) is 6.61. The molecule has 0 spiro atoms. The molecule has 18 heavy (non-hydrogen) atoms. The third-order valence-electron chi connectivity index (χ3n) is 2.49. The van der Waals surface area contributed by atoms with Crippen molar-refractivity contribution in [3.05, 3.63) is 38.9 Å². The number of aromatic nitrogens is 2. The fourth-order valence-corrected chi connectivity index (χ4v) is 3.61. The molecule has 96 valence electrons. The molecule has 0 aliphatic carbocycles. The topological polar surface area (TPSA) is 34.9 Å². The van der Waals surface area contributed by atoms with E-state index in [0.717, 1.165) is 6.17 Å². The predicted molar refractivity (Wildman–Crippen MR) is 79.4 cm³/mol. The van der Waals surface area contributed by atoms with Crippen LogP contribution >= 0.6 is 23.2 Å². The van der Waals surface area contributed by atoms with Crippen molar-refractivity contribution in [3.63, 3.8) is 0 Å². The maximum absolute atomic E-state index is 12.3. The van der Waals surface area contributed by atoms with Gasteiger partial charge in [0, 0.05) is 11.2 Å². The Labute approximate surface area is 116 Å². The Bertz CT molecular complexity index is 661. The summed E-state index contributed by atoms with van der Waals surface area (Å²) in [6.07, 6.45) is 2.31. The Morgan fingerprint density at radius 1 is 1.28 bits per heavy atom. The molecule has 3 nitrogen and oxygen atoms in total. The van der Waals surface area contributed by atoms with Gasteiger partial charge in [0.2, 0.25) is 0 Å². The third-order valence-corrected chi connectivity index (χ3v) is 4.29. The van der Waals surface area contributed by atoms with Crippen LogP contribution in [0.3, 0.4) is 0 Å². The Morgan fingerprint density at radius 3 is 2.56 bits per heavy atom. The van der Waals surface area contributed by atoms with Crippen LogP contribution in [0.1, 0.15) is 0 Å². The highest BCUT2D eigenvalue weighted by molar-refractivity contribution is 6.74. The van der Waals surface area contributed by atoms with Crippen molar-refractivity contribution in [3.8, 4) is 0 Å². The number of rotatable bonds is 2. The lowest BCUT2D eigenvalue weighted by molar-refractivity contribution is 0.793. The molecule has 0 bridgehead atoms. The number of hydrogen-bond acceptors (Lipinski definition) is 2. The summed E-state index contributed by atoms with van der Waals surface area (Å²) in [5.74, 6) is 0. The van der Waals surface area contributed by atoms with E-state index in [1.54, 1.807) is 23.0 Å². The molecule has 2 aromatic rings. The maximum Gasteiger partial charge on any atom is 0.260 e. The fourth-order valence-electron chi connectivity index (χ4n) is 1.82. The first-order chi connectivity index (χ1) is 8.28. The number of benzene rings is 1. The minimum atomic E-state index is -1.39. The molecule has 1 aromatic heterocycles. The van der Waals surface area contributed by atoms with E-state index in [4.69, 9.17) is 23.2 Å². The maximum atomic E-state index is 12.3. The molecule has 1 heterocycles. The molecular weight excluding hydrogens is 287 g/mol. The van der Waals surface area contributed by atoms with E-state index in [0.29, 0.717) is 20.9 Å². The van der Waals surface area contributed by atoms with Crippen molar-refractivity contribution in [2.24, 2.45) is 0 Å². The van der Waals surface area contributed by atoms with Gasteiger partial charge in [-0.05, 0) is 12.1 Å². The monoisotopic (exact) mass is 300 g/mol. The summed E-state index contributed by atoms with van der Waals surface area (Å²) in [6, 6.07) is 3.22. The minimum Gasteiger partial charge on any atom is -0.302 e. The van der Waals surface area contributed by atoms with E-state index < -0.39 is 8.07 Å². The van der Waals surface area contributed by atoms with Gasteiger partial charge in [-0.1, -0.05) is 42.8 Å². The zero-order valence-corrected chi connectivity index (χ0v) is 13.0. The van der Waals surface area contributed by atoms with Crippen LogP contribution in [0.5, 0.6) is 0 Å².